The van der Waals surface area contributed by atoms with Crippen molar-refractivity contribution in [2.24, 2.45) is 23.2 Å². The zero-order valence-corrected chi connectivity index (χ0v) is 15.8. The maximum absolute atomic E-state index is 12.8. The molecular weight excluding hydrogens is 338 g/mol. The summed E-state index contributed by atoms with van der Waals surface area (Å²) < 4.78 is 0. The molecule has 1 heterocycles. The number of H-pyrrole nitrogens is 1. The Kier molecular flexibility index (Phi) is 3.88. The van der Waals surface area contributed by atoms with Crippen molar-refractivity contribution < 1.29 is 4.79 Å². The lowest BCUT2D eigenvalue weighted by Gasteiger charge is -2.59. The molecule has 4 saturated carbocycles. The Morgan fingerprint density at radius 1 is 1.15 bits per heavy atom. The van der Waals surface area contributed by atoms with Gasteiger partial charge in [0.25, 0.3) is 5.56 Å². The van der Waals surface area contributed by atoms with Gasteiger partial charge in [0.1, 0.15) is 0 Å². The van der Waals surface area contributed by atoms with Gasteiger partial charge < -0.3 is 5.32 Å². The SMILES string of the molecule is CC(NC(=O)Cc1n[nH]c(=O)c2ccccc12)C12CC3CC(CC(C3)C1)C2. The molecule has 1 unspecified atom stereocenters. The third-order valence-electron chi connectivity index (χ3n) is 7.48. The lowest BCUT2D eigenvalue weighted by molar-refractivity contribution is -0.125. The number of aromatic amines is 1. The predicted octanol–water partition coefficient (Wildman–Crippen LogP) is 3.19. The zero-order valence-electron chi connectivity index (χ0n) is 15.8. The van der Waals surface area contributed by atoms with Crippen LogP contribution >= 0.6 is 0 Å². The van der Waals surface area contributed by atoms with Gasteiger partial charge in [0.15, 0.2) is 0 Å². The molecule has 2 N–H and O–H groups in total. The molecule has 1 atom stereocenters. The topological polar surface area (TPSA) is 74.8 Å². The molecule has 1 aromatic heterocycles. The lowest BCUT2D eigenvalue weighted by atomic mass is 9.48. The molecule has 1 aromatic carbocycles. The maximum atomic E-state index is 12.8. The van der Waals surface area contributed by atoms with E-state index in [0.717, 1.165) is 23.1 Å². The quantitative estimate of drug-likeness (QED) is 0.874. The molecule has 1 amide bonds. The number of benzene rings is 1. The number of nitrogens with zero attached hydrogens (tertiary/aromatic N) is 1. The summed E-state index contributed by atoms with van der Waals surface area (Å²) in [5, 5.41) is 11.3. The second-order valence-electron chi connectivity index (χ2n) is 9.29. The number of nitrogens with one attached hydrogen (secondary N) is 2. The first-order valence-electron chi connectivity index (χ1n) is 10.3. The maximum Gasteiger partial charge on any atom is 0.272 e. The van der Waals surface area contributed by atoms with E-state index in [1.54, 1.807) is 6.07 Å². The highest BCUT2D eigenvalue weighted by Gasteiger charge is 2.53. The van der Waals surface area contributed by atoms with E-state index in [4.69, 9.17) is 0 Å². The van der Waals surface area contributed by atoms with E-state index < -0.39 is 0 Å². The minimum atomic E-state index is -0.211. The molecule has 142 valence electrons. The fourth-order valence-corrected chi connectivity index (χ4v) is 6.61. The molecule has 5 heteroatoms. The third-order valence-corrected chi connectivity index (χ3v) is 7.48. The van der Waals surface area contributed by atoms with Crippen LogP contribution in [0, 0.1) is 23.2 Å². The van der Waals surface area contributed by atoms with Crippen LogP contribution in [0.25, 0.3) is 10.8 Å². The van der Waals surface area contributed by atoms with Gasteiger partial charge in [-0.15, -0.1) is 0 Å². The number of carbonyl (C=O) groups excluding carboxylic acids is 1. The van der Waals surface area contributed by atoms with Crippen LogP contribution in [0.3, 0.4) is 0 Å². The van der Waals surface area contributed by atoms with Crippen LogP contribution in [0.1, 0.15) is 51.1 Å². The molecule has 0 saturated heterocycles. The Hall–Kier alpha value is -2.17. The molecule has 4 aliphatic rings. The van der Waals surface area contributed by atoms with E-state index in [0.29, 0.717) is 16.5 Å². The summed E-state index contributed by atoms with van der Waals surface area (Å²) >= 11 is 0. The minimum Gasteiger partial charge on any atom is -0.353 e. The molecular formula is C22H27N3O2. The second kappa shape index (κ2) is 6.18. The molecule has 4 bridgehead atoms. The van der Waals surface area contributed by atoms with Crippen molar-refractivity contribution in [1.29, 1.82) is 0 Å². The Labute approximate surface area is 158 Å². The van der Waals surface area contributed by atoms with Crippen LogP contribution in [-0.2, 0) is 11.2 Å². The lowest BCUT2D eigenvalue weighted by Crippen LogP contribution is -2.56. The van der Waals surface area contributed by atoms with Crippen molar-refractivity contribution in [3.05, 3.63) is 40.3 Å². The summed E-state index contributed by atoms with van der Waals surface area (Å²) in [7, 11) is 0. The highest BCUT2D eigenvalue weighted by atomic mass is 16.1. The first kappa shape index (κ1) is 17.0. The van der Waals surface area contributed by atoms with Crippen LogP contribution in [0.2, 0.25) is 0 Å². The van der Waals surface area contributed by atoms with E-state index in [2.05, 4.69) is 22.4 Å². The smallest absolute Gasteiger partial charge is 0.272 e. The molecule has 0 spiro atoms. The van der Waals surface area contributed by atoms with E-state index in [-0.39, 0.29) is 23.9 Å². The van der Waals surface area contributed by atoms with Crippen molar-refractivity contribution >= 4 is 16.7 Å². The average molecular weight is 365 g/mol. The standard InChI is InChI=1S/C22H27N3O2/c1-13(22-10-14-6-15(11-22)8-16(7-14)12-22)23-20(26)9-19-17-4-2-3-5-18(17)21(27)25-24-19/h2-5,13-16H,6-12H2,1H3,(H,23,26)(H,25,27). The van der Waals surface area contributed by atoms with Gasteiger partial charge in [-0.1, -0.05) is 18.2 Å². The van der Waals surface area contributed by atoms with Crippen molar-refractivity contribution in [3.63, 3.8) is 0 Å². The molecule has 6 rings (SSSR count). The van der Waals surface area contributed by atoms with Crippen molar-refractivity contribution in [2.45, 2.75) is 57.9 Å². The largest absolute Gasteiger partial charge is 0.353 e. The van der Waals surface area contributed by atoms with Gasteiger partial charge in [-0.05, 0) is 74.7 Å². The summed E-state index contributed by atoms with van der Waals surface area (Å²) in [6.07, 6.45) is 8.27. The predicted molar refractivity (Wildman–Crippen MR) is 104 cm³/mol. The fraction of sp³-hybridized carbons (Fsp3) is 0.591. The highest BCUT2D eigenvalue weighted by Crippen LogP contribution is 2.61. The molecule has 4 fully saturated rings. The average Bonchev–Trinajstić information content (AvgIpc) is 2.63. The van der Waals surface area contributed by atoms with Crippen LogP contribution in [0.5, 0.6) is 0 Å². The monoisotopic (exact) mass is 365 g/mol. The van der Waals surface area contributed by atoms with E-state index in [1.807, 2.05) is 18.2 Å². The number of carbonyl (C=O) groups is 1. The number of rotatable bonds is 4. The zero-order chi connectivity index (χ0) is 18.6. The van der Waals surface area contributed by atoms with E-state index >= 15 is 0 Å². The molecule has 5 nitrogen and oxygen atoms in total. The highest BCUT2D eigenvalue weighted by molar-refractivity contribution is 5.88. The van der Waals surface area contributed by atoms with Crippen molar-refractivity contribution in [2.75, 3.05) is 0 Å². The summed E-state index contributed by atoms with van der Waals surface area (Å²) in [6.45, 7) is 2.20. The number of fused-ring (bicyclic) bond motifs is 1. The van der Waals surface area contributed by atoms with Crippen LogP contribution in [0.4, 0.5) is 0 Å². The van der Waals surface area contributed by atoms with Gasteiger partial charge in [0, 0.05) is 11.4 Å². The summed E-state index contributed by atoms with van der Waals surface area (Å²) in [4.78, 5) is 24.7. The summed E-state index contributed by atoms with van der Waals surface area (Å²) in [5.41, 5.74) is 0.724. The van der Waals surface area contributed by atoms with Gasteiger partial charge >= 0.3 is 0 Å². The van der Waals surface area contributed by atoms with Crippen molar-refractivity contribution in [1.82, 2.24) is 15.5 Å². The van der Waals surface area contributed by atoms with Crippen LogP contribution in [-0.4, -0.2) is 22.1 Å². The van der Waals surface area contributed by atoms with Gasteiger partial charge in [0.05, 0.1) is 17.5 Å². The summed E-state index contributed by atoms with van der Waals surface area (Å²) in [6, 6.07) is 7.55. The second-order valence-corrected chi connectivity index (χ2v) is 9.29. The Morgan fingerprint density at radius 2 is 1.74 bits per heavy atom. The van der Waals surface area contributed by atoms with Crippen LogP contribution in [0.15, 0.2) is 29.1 Å². The first-order chi connectivity index (χ1) is 13.0. The van der Waals surface area contributed by atoms with Gasteiger partial charge in [-0.3, -0.25) is 9.59 Å². The number of aromatic nitrogens is 2. The molecule has 2 aromatic rings. The Morgan fingerprint density at radius 3 is 2.37 bits per heavy atom. The van der Waals surface area contributed by atoms with Gasteiger partial charge in [-0.25, -0.2) is 5.10 Å². The summed E-state index contributed by atoms with van der Waals surface area (Å²) in [5.74, 6) is 2.63. The first-order valence-corrected chi connectivity index (χ1v) is 10.3. The van der Waals surface area contributed by atoms with E-state index in [9.17, 15) is 9.59 Å². The third kappa shape index (κ3) is 2.88. The Bertz CT molecular complexity index is 913. The molecule has 0 aliphatic heterocycles. The molecule has 4 aliphatic carbocycles. The number of amides is 1. The molecule has 0 radical (unpaired) electrons. The van der Waals surface area contributed by atoms with Crippen molar-refractivity contribution in [3.8, 4) is 0 Å². The minimum absolute atomic E-state index is 0.00273. The number of hydrogen-bond acceptors (Lipinski definition) is 3. The van der Waals surface area contributed by atoms with E-state index in [1.165, 1.54) is 38.5 Å². The number of hydrogen-bond donors (Lipinski definition) is 2. The Balaban J connectivity index is 1.33. The van der Waals surface area contributed by atoms with Crippen LogP contribution < -0.4 is 10.9 Å². The van der Waals surface area contributed by atoms with Gasteiger partial charge in [0.2, 0.25) is 5.91 Å². The molecule has 27 heavy (non-hydrogen) atoms. The normalized spacial score (nSPS) is 32.6. The fourth-order valence-electron chi connectivity index (χ4n) is 6.61. The van der Waals surface area contributed by atoms with Gasteiger partial charge in [-0.2, -0.15) is 5.10 Å².